The maximum absolute atomic E-state index is 12.0. The summed E-state index contributed by atoms with van der Waals surface area (Å²) < 4.78 is 0. The zero-order valence-corrected chi connectivity index (χ0v) is 13.9. The van der Waals surface area contributed by atoms with E-state index in [0.717, 1.165) is 31.2 Å². The van der Waals surface area contributed by atoms with E-state index in [0.29, 0.717) is 18.6 Å². The van der Waals surface area contributed by atoms with Crippen LogP contribution in [0.25, 0.3) is 0 Å². The Morgan fingerprint density at radius 2 is 1.38 bits per heavy atom. The molecule has 0 fully saturated rings. The summed E-state index contributed by atoms with van der Waals surface area (Å²) in [6.07, 6.45) is 5.18. The summed E-state index contributed by atoms with van der Waals surface area (Å²) in [6.45, 7) is 7.92. The smallest absolute Gasteiger partial charge is 0.162 e. The van der Waals surface area contributed by atoms with Crippen molar-refractivity contribution in [3.05, 3.63) is 35.4 Å². The molecule has 0 aliphatic rings. The summed E-state index contributed by atoms with van der Waals surface area (Å²) in [6, 6.07) is 7.76. The number of unbranched alkanes of at least 4 members (excludes halogenated alkanes) is 3. The van der Waals surface area contributed by atoms with Crippen molar-refractivity contribution in [3.8, 4) is 0 Å². The lowest BCUT2D eigenvalue weighted by atomic mass is 9.88. The molecule has 0 saturated carbocycles. The number of Topliss-reactive ketones (excluding diaryl/α,β-unsaturated/α-hetero) is 2. The second kappa shape index (κ2) is 8.11. The summed E-state index contributed by atoms with van der Waals surface area (Å²) in [4.78, 5) is 23.7. The third kappa shape index (κ3) is 6.70. The fourth-order valence-corrected chi connectivity index (χ4v) is 2.18. The van der Waals surface area contributed by atoms with E-state index in [1.807, 2.05) is 52.0 Å². The van der Waals surface area contributed by atoms with Crippen LogP contribution in [-0.4, -0.2) is 11.6 Å². The van der Waals surface area contributed by atoms with Crippen molar-refractivity contribution >= 4 is 11.6 Å². The number of rotatable bonds is 8. The SMILES string of the molecule is Cc1ccc(C(=O)CCCCCCC(=O)C(C)(C)C)cc1. The highest BCUT2D eigenvalue weighted by Gasteiger charge is 2.19. The van der Waals surface area contributed by atoms with E-state index < -0.39 is 0 Å². The minimum atomic E-state index is -0.221. The summed E-state index contributed by atoms with van der Waals surface area (Å²) in [5.41, 5.74) is 1.76. The van der Waals surface area contributed by atoms with Crippen molar-refractivity contribution in [1.82, 2.24) is 0 Å². The van der Waals surface area contributed by atoms with Crippen molar-refractivity contribution in [1.29, 1.82) is 0 Å². The Hall–Kier alpha value is -1.44. The van der Waals surface area contributed by atoms with E-state index in [1.165, 1.54) is 5.56 Å². The number of hydrogen-bond donors (Lipinski definition) is 0. The van der Waals surface area contributed by atoms with Gasteiger partial charge in [-0.15, -0.1) is 0 Å². The van der Waals surface area contributed by atoms with E-state index in [4.69, 9.17) is 0 Å². The topological polar surface area (TPSA) is 34.1 Å². The minimum Gasteiger partial charge on any atom is -0.299 e. The quantitative estimate of drug-likeness (QED) is 0.490. The molecule has 0 amide bonds. The third-order valence-electron chi connectivity index (χ3n) is 3.77. The number of carbonyl (C=O) groups excluding carboxylic acids is 2. The average molecular weight is 288 g/mol. The molecule has 0 unspecified atom stereocenters. The Balaban J connectivity index is 2.16. The first-order chi connectivity index (χ1) is 9.80. The van der Waals surface area contributed by atoms with Crippen LogP contribution in [0.2, 0.25) is 0 Å². The highest BCUT2D eigenvalue weighted by atomic mass is 16.1. The Bertz CT molecular complexity index is 463. The van der Waals surface area contributed by atoms with Gasteiger partial charge in [-0.3, -0.25) is 9.59 Å². The molecule has 0 radical (unpaired) electrons. The molecule has 0 aliphatic carbocycles. The Labute approximate surface area is 128 Å². The second-order valence-corrected chi connectivity index (χ2v) is 6.88. The number of benzene rings is 1. The molecule has 0 aliphatic heterocycles. The summed E-state index contributed by atoms with van der Waals surface area (Å²) in [5.74, 6) is 0.555. The standard InChI is InChI=1S/C19H28O2/c1-15-11-13-16(14-12-15)17(20)9-7-5-6-8-10-18(21)19(2,3)4/h11-14H,5-10H2,1-4H3. The molecule has 0 atom stereocenters. The first-order valence-corrected chi connectivity index (χ1v) is 7.94. The molecule has 0 saturated heterocycles. The van der Waals surface area contributed by atoms with Crippen molar-refractivity contribution in [2.45, 2.75) is 66.2 Å². The molecule has 2 heteroatoms. The van der Waals surface area contributed by atoms with Crippen LogP contribution in [0.15, 0.2) is 24.3 Å². The first-order valence-electron chi connectivity index (χ1n) is 7.94. The molecule has 2 nitrogen and oxygen atoms in total. The molecular weight excluding hydrogens is 260 g/mol. The van der Waals surface area contributed by atoms with Gasteiger partial charge in [0.05, 0.1) is 0 Å². The molecular formula is C19H28O2. The summed E-state index contributed by atoms with van der Waals surface area (Å²) in [7, 11) is 0. The van der Waals surface area contributed by atoms with Gasteiger partial charge in [0, 0.05) is 23.8 Å². The predicted molar refractivity (Wildman–Crippen MR) is 87.7 cm³/mol. The fraction of sp³-hybridized carbons (Fsp3) is 0.579. The van der Waals surface area contributed by atoms with Gasteiger partial charge in [-0.1, -0.05) is 63.4 Å². The first kappa shape index (κ1) is 17.6. The lowest BCUT2D eigenvalue weighted by Crippen LogP contribution is -2.19. The van der Waals surface area contributed by atoms with Crippen molar-refractivity contribution in [3.63, 3.8) is 0 Å². The normalized spacial score (nSPS) is 11.4. The van der Waals surface area contributed by atoms with Crippen LogP contribution in [0.5, 0.6) is 0 Å². The number of hydrogen-bond acceptors (Lipinski definition) is 2. The van der Waals surface area contributed by atoms with Gasteiger partial charge in [0.2, 0.25) is 0 Å². The maximum atomic E-state index is 12.0. The van der Waals surface area contributed by atoms with Crippen LogP contribution < -0.4 is 0 Å². The number of carbonyl (C=O) groups is 2. The van der Waals surface area contributed by atoms with E-state index in [2.05, 4.69) is 0 Å². The van der Waals surface area contributed by atoms with Gasteiger partial charge in [0.25, 0.3) is 0 Å². The van der Waals surface area contributed by atoms with Gasteiger partial charge in [-0.25, -0.2) is 0 Å². The van der Waals surface area contributed by atoms with Crippen LogP contribution in [0.4, 0.5) is 0 Å². The zero-order chi connectivity index (χ0) is 15.9. The van der Waals surface area contributed by atoms with Crippen LogP contribution >= 0.6 is 0 Å². The zero-order valence-electron chi connectivity index (χ0n) is 13.9. The molecule has 1 aromatic carbocycles. The summed E-state index contributed by atoms with van der Waals surface area (Å²) >= 11 is 0. The lowest BCUT2D eigenvalue weighted by Gasteiger charge is -2.16. The molecule has 1 rings (SSSR count). The molecule has 0 spiro atoms. The van der Waals surface area contributed by atoms with Gasteiger partial charge < -0.3 is 0 Å². The van der Waals surface area contributed by atoms with Gasteiger partial charge in [-0.2, -0.15) is 0 Å². The molecule has 0 aromatic heterocycles. The van der Waals surface area contributed by atoms with Crippen molar-refractivity contribution in [2.24, 2.45) is 5.41 Å². The summed E-state index contributed by atoms with van der Waals surface area (Å²) in [5, 5.41) is 0. The molecule has 21 heavy (non-hydrogen) atoms. The Morgan fingerprint density at radius 3 is 1.90 bits per heavy atom. The lowest BCUT2D eigenvalue weighted by molar-refractivity contribution is -0.126. The third-order valence-corrected chi connectivity index (χ3v) is 3.77. The second-order valence-electron chi connectivity index (χ2n) is 6.88. The number of ketones is 2. The van der Waals surface area contributed by atoms with Gasteiger partial charge in [0.1, 0.15) is 5.78 Å². The molecule has 116 valence electrons. The van der Waals surface area contributed by atoms with Crippen LogP contribution in [-0.2, 0) is 4.79 Å². The van der Waals surface area contributed by atoms with Crippen molar-refractivity contribution < 1.29 is 9.59 Å². The van der Waals surface area contributed by atoms with E-state index in [-0.39, 0.29) is 11.2 Å². The Kier molecular flexibility index (Phi) is 6.80. The predicted octanol–water partition coefficient (Wildman–Crippen LogP) is 5.13. The highest BCUT2D eigenvalue weighted by Crippen LogP contribution is 2.19. The fourth-order valence-electron chi connectivity index (χ4n) is 2.18. The van der Waals surface area contributed by atoms with Crippen LogP contribution in [0.1, 0.15) is 75.2 Å². The van der Waals surface area contributed by atoms with Gasteiger partial charge in [-0.05, 0) is 19.8 Å². The monoisotopic (exact) mass is 288 g/mol. The van der Waals surface area contributed by atoms with E-state index in [1.54, 1.807) is 0 Å². The highest BCUT2D eigenvalue weighted by molar-refractivity contribution is 5.96. The van der Waals surface area contributed by atoms with Crippen molar-refractivity contribution in [2.75, 3.05) is 0 Å². The molecule has 0 heterocycles. The van der Waals surface area contributed by atoms with E-state index in [9.17, 15) is 9.59 Å². The van der Waals surface area contributed by atoms with Gasteiger partial charge in [0.15, 0.2) is 5.78 Å². The van der Waals surface area contributed by atoms with Crippen LogP contribution in [0.3, 0.4) is 0 Å². The van der Waals surface area contributed by atoms with Gasteiger partial charge >= 0.3 is 0 Å². The maximum Gasteiger partial charge on any atom is 0.162 e. The molecule has 0 bridgehead atoms. The molecule has 0 N–H and O–H groups in total. The largest absolute Gasteiger partial charge is 0.299 e. The Morgan fingerprint density at radius 1 is 0.857 bits per heavy atom. The minimum absolute atomic E-state index is 0.221. The van der Waals surface area contributed by atoms with Crippen LogP contribution in [0, 0.1) is 12.3 Å². The average Bonchev–Trinajstić information content (AvgIpc) is 2.41. The van der Waals surface area contributed by atoms with E-state index >= 15 is 0 Å². The number of aryl methyl sites for hydroxylation is 1. The molecule has 1 aromatic rings.